The number of aryl methyl sites for hydroxylation is 1. The van der Waals surface area contributed by atoms with Gasteiger partial charge >= 0.3 is 0 Å². The summed E-state index contributed by atoms with van der Waals surface area (Å²) in [6, 6.07) is 3.33. The zero-order valence-electron chi connectivity index (χ0n) is 23.9. The average molecular weight is 575 g/mol. The predicted molar refractivity (Wildman–Crippen MR) is 158 cm³/mol. The van der Waals surface area contributed by atoms with E-state index in [1.54, 1.807) is 37.7 Å². The smallest absolute Gasteiger partial charge is 0.276 e. The monoisotopic (exact) mass is 574 g/mol. The summed E-state index contributed by atoms with van der Waals surface area (Å²) in [6.07, 6.45) is 7.89. The zero-order chi connectivity index (χ0) is 29.5. The molecule has 12 heteroatoms. The lowest BCUT2D eigenvalue weighted by atomic mass is 10.00. The number of aromatic nitrogens is 3. The van der Waals surface area contributed by atoms with Gasteiger partial charge < -0.3 is 25.3 Å². The number of nitrogens with zero attached hydrogens (tertiary/aromatic N) is 6. The Morgan fingerprint density at radius 3 is 2.81 bits per heavy atom. The first-order valence-electron chi connectivity index (χ1n) is 14.2. The normalized spacial score (nSPS) is 18.7. The number of carbonyl (C=O) groups excluding carboxylic acids is 1. The molecule has 4 N–H and O–H groups in total. The highest BCUT2D eigenvalue weighted by Gasteiger charge is 2.36. The molecule has 3 aliphatic rings. The number of fused-ring (bicyclic) bond motifs is 3. The fourth-order valence-corrected chi connectivity index (χ4v) is 6.24. The van der Waals surface area contributed by atoms with E-state index in [1.165, 1.54) is 9.47 Å². The number of hydrogen-bond donors (Lipinski definition) is 3. The second kappa shape index (κ2) is 11.2. The van der Waals surface area contributed by atoms with Gasteiger partial charge in [-0.1, -0.05) is 0 Å². The van der Waals surface area contributed by atoms with Gasteiger partial charge in [0.1, 0.15) is 17.3 Å². The molecule has 3 aromatic heterocycles. The molecule has 1 fully saturated rings. The lowest BCUT2D eigenvalue weighted by molar-refractivity contribution is 0.0975. The van der Waals surface area contributed by atoms with E-state index in [2.05, 4.69) is 20.2 Å². The van der Waals surface area contributed by atoms with Gasteiger partial charge in [-0.15, -0.1) is 0 Å². The van der Waals surface area contributed by atoms with Crippen LogP contribution in [-0.4, -0.2) is 69.1 Å². The van der Waals surface area contributed by atoms with E-state index in [1.807, 2.05) is 11.6 Å². The number of aliphatic hydroxyl groups excluding tert-OH is 1. The number of amidine groups is 1. The molecule has 0 bridgehead atoms. The van der Waals surface area contributed by atoms with Crippen LogP contribution in [0.25, 0.3) is 11.1 Å². The van der Waals surface area contributed by atoms with E-state index in [4.69, 9.17) is 5.73 Å². The second-order valence-electron chi connectivity index (χ2n) is 11.1. The molecule has 0 spiro atoms. The van der Waals surface area contributed by atoms with Crippen molar-refractivity contribution in [3.63, 3.8) is 0 Å². The second-order valence-corrected chi connectivity index (χ2v) is 11.1. The minimum Gasteiger partial charge on any atom is -0.392 e. The summed E-state index contributed by atoms with van der Waals surface area (Å²) in [5.74, 6) is -0.440. The van der Waals surface area contributed by atoms with Gasteiger partial charge in [0.15, 0.2) is 5.82 Å². The highest BCUT2D eigenvalue weighted by Crippen LogP contribution is 2.36. The molecule has 6 heterocycles. The number of halogens is 1. The molecule has 0 aromatic carbocycles. The number of aliphatic imine (C=N–C) groups is 1. The maximum atomic E-state index is 15.5. The van der Waals surface area contributed by atoms with E-state index in [0.717, 1.165) is 43.9 Å². The van der Waals surface area contributed by atoms with Crippen molar-refractivity contribution in [1.29, 1.82) is 0 Å². The Kier molecular flexibility index (Phi) is 7.42. The van der Waals surface area contributed by atoms with Crippen LogP contribution in [0.4, 0.5) is 15.9 Å². The molecule has 1 amide bonds. The number of aliphatic hydroxyl groups is 1. The van der Waals surface area contributed by atoms with Gasteiger partial charge in [0.25, 0.3) is 11.5 Å². The topological polar surface area (TPSA) is 134 Å². The van der Waals surface area contributed by atoms with Crippen LogP contribution in [-0.2, 0) is 33.0 Å². The summed E-state index contributed by atoms with van der Waals surface area (Å²) < 4.78 is 18.8. The third-order valence-corrected chi connectivity index (χ3v) is 8.27. The Bertz CT molecular complexity index is 1690. The fraction of sp³-hybridized carbons (Fsp3) is 0.400. The average Bonchev–Trinajstić information content (AvgIpc) is 3.27. The molecule has 220 valence electrons. The molecular formula is C30H35FN8O3. The van der Waals surface area contributed by atoms with Gasteiger partial charge in [-0.2, -0.15) is 0 Å². The van der Waals surface area contributed by atoms with Crippen LogP contribution in [0.2, 0.25) is 0 Å². The van der Waals surface area contributed by atoms with E-state index in [-0.39, 0.29) is 28.5 Å². The lowest BCUT2D eigenvalue weighted by Crippen LogP contribution is -2.40. The fourth-order valence-electron chi connectivity index (χ4n) is 6.24. The van der Waals surface area contributed by atoms with Crippen molar-refractivity contribution in [2.45, 2.75) is 38.8 Å². The molecule has 42 heavy (non-hydrogen) atoms. The first-order chi connectivity index (χ1) is 20.3. The number of carbonyl (C=O) groups is 1. The molecule has 6 rings (SSSR count). The van der Waals surface area contributed by atoms with Crippen LogP contribution >= 0.6 is 0 Å². The minimum absolute atomic E-state index is 0.108. The number of nitrogens with two attached hydrogens (primary N) is 1. The van der Waals surface area contributed by atoms with Gasteiger partial charge in [0.05, 0.1) is 17.9 Å². The summed E-state index contributed by atoms with van der Waals surface area (Å²) in [7, 11) is 3.63. The molecule has 0 aliphatic carbocycles. The van der Waals surface area contributed by atoms with E-state index in [9.17, 15) is 14.7 Å². The largest absolute Gasteiger partial charge is 0.392 e. The van der Waals surface area contributed by atoms with Crippen molar-refractivity contribution in [1.82, 2.24) is 24.3 Å². The first-order valence-corrected chi connectivity index (χ1v) is 14.2. The minimum atomic E-state index is -0.455. The summed E-state index contributed by atoms with van der Waals surface area (Å²) in [5.41, 5.74) is 9.95. The van der Waals surface area contributed by atoms with Crippen LogP contribution in [0.1, 0.15) is 40.2 Å². The maximum absolute atomic E-state index is 15.5. The van der Waals surface area contributed by atoms with Crippen LogP contribution in [0.3, 0.4) is 0 Å². The van der Waals surface area contributed by atoms with Gasteiger partial charge in [-0.05, 0) is 44.0 Å². The molecule has 3 aromatic rings. The van der Waals surface area contributed by atoms with Crippen molar-refractivity contribution in [3.05, 3.63) is 75.0 Å². The van der Waals surface area contributed by atoms with Crippen molar-refractivity contribution < 1.29 is 14.3 Å². The maximum Gasteiger partial charge on any atom is 0.276 e. The van der Waals surface area contributed by atoms with E-state index < -0.39 is 18.3 Å². The summed E-state index contributed by atoms with van der Waals surface area (Å²) in [5, 5.41) is 13.8. The van der Waals surface area contributed by atoms with Gasteiger partial charge in [0, 0.05) is 87.2 Å². The number of amides is 1. The standard InChI is InChI=1S/C30H35FN8O3/c1-36-12-9-33-19(16-36)14-25(32)35-22-13-18(15-37(2)29(22)41)20-6-8-34-28(21(20)17-40)39-11-7-23-26(30(39)42)27(31)24-5-3-4-10-38(23)24/h6,8,13-15,33,40H,3-5,7,9-12,16-17H2,1-2H3,(H2,32,35). The Balaban J connectivity index is 1.37. The predicted octanol–water partition coefficient (Wildman–Crippen LogP) is 1.83. The number of anilines is 1. The third-order valence-electron chi connectivity index (χ3n) is 8.27. The SMILES string of the molecule is CN1CCNC(=CC(N)=Nc2cc(-c3ccnc(N4CCc5c(c(F)c6n5CCCC6)C4=O)c3CO)cn(C)c2=O)C1. The van der Waals surface area contributed by atoms with Crippen LogP contribution in [0.15, 0.2) is 46.1 Å². The molecule has 1 saturated heterocycles. The molecular weight excluding hydrogens is 539 g/mol. The quantitative estimate of drug-likeness (QED) is 0.313. The highest BCUT2D eigenvalue weighted by atomic mass is 19.1. The molecule has 0 unspecified atom stereocenters. The molecule has 3 aliphatic heterocycles. The van der Waals surface area contributed by atoms with Crippen molar-refractivity contribution in [3.8, 4) is 11.1 Å². The van der Waals surface area contributed by atoms with Crippen molar-refractivity contribution in [2.75, 3.05) is 38.1 Å². The number of nitrogens with one attached hydrogen (secondary N) is 1. The third kappa shape index (κ3) is 4.90. The summed E-state index contributed by atoms with van der Waals surface area (Å²) in [6.45, 7) is 3.03. The van der Waals surface area contributed by atoms with Gasteiger partial charge in [0.2, 0.25) is 0 Å². The number of pyridine rings is 2. The lowest BCUT2D eigenvalue weighted by Gasteiger charge is -2.29. The van der Waals surface area contributed by atoms with Crippen LogP contribution < -0.4 is 21.5 Å². The Morgan fingerprint density at radius 1 is 1.19 bits per heavy atom. The summed E-state index contributed by atoms with van der Waals surface area (Å²) >= 11 is 0. The van der Waals surface area contributed by atoms with Gasteiger partial charge in [-0.3, -0.25) is 19.4 Å². The van der Waals surface area contributed by atoms with E-state index in [0.29, 0.717) is 48.3 Å². The number of likely N-dealkylation sites (N-methyl/N-ethyl adjacent to an activating group) is 1. The molecule has 0 radical (unpaired) electrons. The highest BCUT2D eigenvalue weighted by molar-refractivity contribution is 6.08. The Labute approximate surface area is 242 Å². The van der Waals surface area contributed by atoms with Crippen LogP contribution in [0, 0.1) is 5.82 Å². The Morgan fingerprint density at radius 2 is 2.02 bits per heavy atom. The molecule has 0 saturated carbocycles. The number of rotatable bonds is 5. The van der Waals surface area contributed by atoms with Crippen molar-refractivity contribution >= 4 is 23.2 Å². The Hall–Kier alpha value is -4.29. The number of piperazine rings is 1. The number of hydrogen-bond acceptors (Lipinski definition) is 7. The first kappa shape index (κ1) is 27.9. The zero-order valence-corrected chi connectivity index (χ0v) is 23.9. The molecule has 11 nitrogen and oxygen atoms in total. The summed E-state index contributed by atoms with van der Waals surface area (Å²) in [4.78, 5) is 39.1. The van der Waals surface area contributed by atoms with Gasteiger partial charge in [-0.25, -0.2) is 14.4 Å². The van der Waals surface area contributed by atoms with Crippen LogP contribution in [0.5, 0.6) is 0 Å². The van der Waals surface area contributed by atoms with E-state index >= 15 is 4.39 Å². The molecule has 0 atom stereocenters. The van der Waals surface area contributed by atoms with Crippen molar-refractivity contribution in [2.24, 2.45) is 17.8 Å².